The summed E-state index contributed by atoms with van der Waals surface area (Å²) < 4.78 is 7.62. The number of carbonyl (C=O) groups is 1. The van der Waals surface area contributed by atoms with Crippen LogP contribution in [0.15, 0.2) is 21.1 Å². The highest BCUT2D eigenvalue weighted by atomic mass is 79.9. The summed E-state index contributed by atoms with van der Waals surface area (Å²) in [5.41, 5.74) is 7.99. The fourth-order valence-corrected chi connectivity index (χ4v) is 3.75. The molecule has 122 valence electrons. The zero-order valence-electron chi connectivity index (χ0n) is 12.9. The Balaban J connectivity index is 2.36. The largest absolute Gasteiger partial charge is 0.486 e. The van der Waals surface area contributed by atoms with Gasteiger partial charge in [0.2, 0.25) is 5.95 Å². The number of nitrogens with two attached hydrogens (primary N) is 1. The zero-order valence-corrected chi connectivity index (χ0v) is 16.1. The van der Waals surface area contributed by atoms with Crippen LogP contribution >= 0.6 is 31.9 Å². The van der Waals surface area contributed by atoms with Crippen LogP contribution in [0.25, 0.3) is 0 Å². The number of nitrogens with zero attached hydrogens (tertiary/aromatic N) is 2. The first-order valence-corrected chi connectivity index (χ1v) is 8.35. The van der Waals surface area contributed by atoms with Gasteiger partial charge in [-0.3, -0.25) is 4.79 Å². The third kappa shape index (κ3) is 4.00. The minimum atomic E-state index is -0.271. The molecule has 3 N–H and O–H groups in total. The van der Waals surface area contributed by atoms with Gasteiger partial charge in [0.1, 0.15) is 12.4 Å². The summed E-state index contributed by atoms with van der Waals surface area (Å²) >= 11 is 6.90. The quantitative estimate of drug-likeness (QED) is 0.757. The molecule has 0 saturated carbocycles. The smallest absolute Gasteiger partial charge is 0.254 e. The molecule has 0 atom stereocenters. The highest BCUT2D eigenvalue weighted by Gasteiger charge is 2.18. The molecule has 1 aromatic heterocycles. The molecule has 1 amide bonds. The fraction of sp³-hybridized carbons (Fsp3) is 0.267. The van der Waals surface area contributed by atoms with Crippen LogP contribution in [0.5, 0.6) is 5.75 Å². The van der Waals surface area contributed by atoms with Crippen LogP contribution < -0.4 is 15.8 Å². The van der Waals surface area contributed by atoms with Gasteiger partial charge in [0.05, 0.1) is 21.4 Å². The average Bonchev–Trinajstić information content (AvgIpc) is 2.44. The Morgan fingerprint density at radius 1 is 1.30 bits per heavy atom. The van der Waals surface area contributed by atoms with Crippen molar-refractivity contribution < 1.29 is 9.53 Å². The van der Waals surface area contributed by atoms with E-state index in [0.29, 0.717) is 22.7 Å². The molecule has 1 aromatic carbocycles. The van der Waals surface area contributed by atoms with Gasteiger partial charge in [-0.15, -0.1) is 0 Å². The number of nitrogen functional groups attached to an aromatic ring is 1. The molecule has 23 heavy (non-hydrogen) atoms. The van der Waals surface area contributed by atoms with Crippen molar-refractivity contribution in [2.45, 2.75) is 20.5 Å². The van der Waals surface area contributed by atoms with E-state index in [-0.39, 0.29) is 18.5 Å². The van der Waals surface area contributed by atoms with E-state index in [1.165, 1.54) is 0 Å². The van der Waals surface area contributed by atoms with Crippen molar-refractivity contribution in [2.75, 3.05) is 12.8 Å². The van der Waals surface area contributed by atoms with Gasteiger partial charge in [0, 0.05) is 11.5 Å². The van der Waals surface area contributed by atoms with Gasteiger partial charge in [-0.1, -0.05) is 15.9 Å². The van der Waals surface area contributed by atoms with Gasteiger partial charge < -0.3 is 15.8 Å². The second kappa shape index (κ2) is 7.27. The van der Waals surface area contributed by atoms with E-state index in [4.69, 9.17) is 10.5 Å². The lowest BCUT2D eigenvalue weighted by Crippen LogP contribution is -2.23. The summed E-state index contributed by atoms with van der Waals surface area (Å²) in [5.74, 6) is 0.527. The molecular weight excluding hydrogens is 428 g/mol. The molecule has 0 aliphatic heterocycles. The Kier molecular flexibility index (Phi) is 5.59. The van der Waals surface area contributed by atoms with E-state index < -0.39 is 0 Å². The van der Waals surface area contributed by atoms with Gasteiger partial charge in [0.25, 0.3) is 5.91 Å². The molecule has 0 bridgehead atoms. The molecule has 0 spiro atoms. The predicted molar refractivity (Wildman–Crippen MR) is 95.5 cm³/mol. The third-order valence-corrected chi connectivity index (χ3v) is 4.23. The van der Waals surface area contributed by atoms with Crippen molar-refractivity contribution in [2.24, 2.45) is 0 Å². The molecule has 1 heterocycles. The Morgan fingerprint density at radius 2 is 2.00 bits per heavy atom. The second-order valence-corrected chi connectivity index (χ2v) is 6.66. The SMILES string of the molecule is CNC(=O)c1c(C)nc(N)nc1COc1c(C)cc(Br)cc1Br. The van der Waals surface area contributed by atoms with Crippen molar-refractivity contribution in [1.82, 2.24) is 15.3 Å². The topological polar surface area (TPSA) is 90.1 Å². The van der Waals surface area contributed by atoms with Gasteiger partial charge in [0.15, 0.2) is 0 Å². The Labute approximate surface area is 151 Å². The van der Waals surface area contributed by atoms with Crippen LogP contribution in [0.2, 0.25) is 0 Å². The number of halogens is 2. The Hall–Kier alpha value is -1.67. The van der Waals surface area contributed by atoms with E-state index in [2.05, 4.69) is 47.1 Å². The number of aromatic nitrogens is 2. The van der Waals surface area contributed by atoms with Gasteiger partial charge in [-0.05, 0) is 47.5 Å². The number of carbonyl (C=O) groups excluding carboxylic acids is 1. The van der Waals surface area contributed by atoms with Crippen molar-refractivity contribution >= 4 is 43.7 Å². The van der Waals surface area contributed by atoms with E-state index in [0.717, 1.165) is 14.5 Å². The maximum Gasteiger partial charge on any atom is 0.254 e. The maximum absolute atomic E-state index is 12.1. The maximum atomic E-state index is 12.1. The van der Waals surface area contributed by atoms with Crippen LogP contribution in [0.1, 0.15) is 27.3 Å². The number of rotatable bonds is 4. The van der Waals surface area contributed by atoms with Crippen LogP contribution in [-0.2, 0) is 6.61 Å². The van der Waals surface area contributed by atoms with Crippen molar-refractivity contribution in [1.29, 1.82) is 0 Å². The van der Waals surface area contributed by atoms with Crippen LogP contribution in [-0.4, -0.2) is 22.9 Å². The van der Waals surface area contributed by atoms with Crippen molar-refractivity contribution in [3.05, 3.63) is 43.6 Å². The highest BCUT2D eigenvalue weighted by molar-refractivity contribution is 9.11. The number of aryl methyl sites for hydroxylation is 2. The van der Waals surface area contributed by atoms with Gasteiger partial charge in [-0.25, -0.2) is 9.97 Å². The molecular formula is C15H16Br2N4O2. The number of hydrogen-bond acceptors (Lipinski definition) is 5. The second-order valence-electron chi connectivity index (χ2n) is 4.89. The number of nitrogens with one attached hydrogen (secondary N) is 1. The van der Waals surface area contributed by atoms with Gasteiger partial charge >= 0.3 is 0 Å². The molecule has 2 rings (SSSR count). The third-order valence-electron chi connectivity index (χ3n) is 3.18. The summed E-state index contributed by atoms with van der Waals surface area (Å²) in [7, 11) is 1.55. The summed E-state index contributed by atoms with van der Waals surface area (Å²) in [6.07, 6.45) is 0. The molecule has 0 saturated heterocycles. The molecule has 8 heteroatoms. The molecule has 0 aliphatic rings. The summed E-state index contributed by atoms with van der Waals surface area (Å²) in [6.45, 7) is 3.76. The van der Waals surface area contributed by atoms with Crippen LogP contribution in [0, 0.1) is 13.8 Å². The first-order chi connectivity index (χ1) is 10.8. The summed E-state index contributed by atoms with van der Waals surface area (Å²) in [4.78, 5) is 20.2. The Bertz CT molecular complexity index is 742. The normalized spacial score (nSPS) is 10.5. The predicted octanol–water partition coefficient (Wildman–Crippen LogP) is 3.14. The lowest BCUT2D eigenvalue weighted by atomic mass is 10.1. The van der Waals surface area contributed by atoms with Crippen molar-refractivity contribution in [3.8, 4) is 5.75 Å². The standard InChI is InChI=1S/C15H16Br2N4O2/c1-7-4-9(16)5-10(17)13(7)23-6-11-12(14(22)19-3)8(2)20-15(18)21-11/h4-5H,6H2,1-3H3,(H,19,22)(H2,18,20,21). The van der Waals surface area contributed by atoms with E-state index in [9.17, 15) is 4.79 Å². The Morgan fingerprint density at radius 3 is 2.61 bits per heavy atom. The minimum absolute atomic E-state index is 0.109. The number of amides is 1. The van der Waals surface area contributed by atoms with Crippen LogP contribution in [0.3, 0.4) is 0 Å². The van der Waals surface area contributed by atoms with Crippen LogP contribution in [0.4, 0.5) is 5.95 Å². The molecule has 0 radical (unpaired) electrons. The average molecular weight is 444 g/mol. The summed E-state index contributed by atoms with van der Waals surface area (Å²) in [5, 5.41) is 2.58. The first-order valence-electron chi connectivity index (χ1n) is 6.77. The molecule has 6 nitrogen and oxygen atoms in total. The van der Waals surface area contributed by atoms with E-state index >= 15 is 0 Å². The molecule has 0 fully saturated rings. The minimum Gasteiger partial charge on any atom is -0.486 e. The lowest BCUT2D eigenvalue weighted by molar-refractivity contribution is 0.0959. The van der Waals surface area contributed by atoms with Gasteiger partial charge in [-0.2, -0.15) is 0 Å². The fourth-order valence-electron chi connectivity index (χ4n) is 2.19. The first kappa shape index (κ1) is 17.7. The van der Waals surface area contributed by atoms with E-state index in [1.807, 2.05) is 19.1 Å². The highest BCUT2D eigenvalue weighted by Crippen LogP contribution is 2.33. The number of ether oxygens (including phenoxy) is 1. The number of benzene rings is 1. The van der Waals surface area contributed by atoms with Crippen molar-refractivity contribution in [3.63, 3.8) is 0 Å². The molecule has 0 unspecified atom stereocenters. The molecule has 2 aromatic rings. The molecule has 0 aliphatic carbocycles. The number of hydrogen-bond donors (Lipinski definition) is 2. The monoisotopic (exact) mass is 442 g/mol. The number of anilines is 1. The summed E-state index contributed by atoms with van der Waals surface area (Å²) in [6, 6.07) is 3.83. The zero-order chi connectivity index (χ0) is 17.1. The lowest BCUT2D eigenvalue weighted by Gasteiger charge is -2.14. The van der Waals surface area contributed by atoms with E-state index in [1.54, 1.807) is 14.0 Å².